The lowest BCUT2D eigenvalue weighted by Crippen LogP contribution is -2.26. The largest absolute Gasteiger partial charge is 0.269 e. The highest BCUT2D eigenvalue weighted by atomic mass is 35.5. The molecule has 116 valence electrons. The summed E-state index contributed by atoms with van der Waals surface area (Å²) in [5, 5.41) is 10.9. The van der Waals surface area contributed by atoms with Gasteiger partial charge in [0.25, 0.3) is 5.69 Å². The Bertz CT molecular complexity index is 776. The number of non-ortho nitro benzene ring substituents is 1. The van der Waals surface area contributed by atoms with Gasteiger partial charge >= 0.3 is 0 Å². The maximum absolute atomic E-state index is 12.1. The normalized spacial score (nSPS) is 11.3. The van der Waals surface area contributed by atoms with Crippen molar-refractivity contribution in [3.8, 4) is 0 Å². The second-order valence-corrected chi connectivity index (χ2v) is 6.73. The van der Waals surface area contributed by atoms with Crippen LogP contribution >= 0.6 is 11.6 Å². The molecule has 0 saturated carbocycles. The van der Waals surface area contributed by atoms with Gasteiger partial charge < -0.3 is 0 Å². The molecule has 8 heteroatoms. The summed E-state index contributed by atoms with van der Waals surface area (Å²) in [4.78, 5) is 10.2. The molecule has 6 nitrogen and oxygen atoms in total. The van der Waals surface area contributed by atoms with Gasteiger partial charge in [-0.1, -0.05) is 29.8 Å². The van der Waals surface area contributed by atoms with E-state index in [1.54, 1.807) is 24.3 Å². The molecule has 0 unspecified atom stereocenters. The predicted octanol–water partition coefficient (Wildman–Crippen LogP) is 2.77. The molecule has 0 bridgehead atoms. The number of sulfonamides is 1. The average molecular weight is 341 g/mol. The molecule has 0 heterocycles. The fourth-order valence-electron chi connectivity index (χ4n) is 1.83. The van der Waals surface area contributed by atoms with Crippen LogP contribution in [0.15, 0.2) is 53.4 Å². The first kappa shape index (κ1) is 16.4. The van der Waals surface area contributed by atoms with E-state index in [4.69, 9.17) is 11.6 Å². The monoisotopic (exact) mass is 340 g/mol. The van der Waals surface area contributed by atoms with E-state index in [0.29, 0.717) is 11.4 Å². The second kappa shape index (κ2) is 6.87. The van der Waals surface area contributed by atoms with Gasteiger partial charge in [0.2, 0.25) is 10.0 Å². The molecule has 0 aliphatic carbocycles. The van der Waals surface area contributed by atoms with Crippen LogP contribution in [0.5, 0.6) is 0 Å². The predicted molar refractivity (Wildman–Crippen MR) is 83.4 cm³/mol. The van der Waals surface area contributed by atoms with Crippen LogP contribution in [0.2, 0.25) is 5.02 Å². The van der Waals surface area contributed by atoms with Gasteiger partial charge in [-0.2, -0.15) is 0 Å². The van der Waals surface area contributed by atoms with E-state index < -0.39 is 14.9 Å². The van der Waals surface area contributed by atoms with Gasteiger partial charge in [0, 0.05) is 23.7 Å². The molecule has 2 aromatic carbocycles. The first-order chi connectivity index (χ1) is 10.4. The maximum Gasteiger partial charge on any atom is 0.269 e. The average Bonchev–Trinajstić information content (AvgIpc) is 2.47. The van der Waals surface area contributed by atoms with Crippen LogP contribution in [-0.2, 0) is 16.4 Å². The summed E-state index contributed by atoms with van der Waals surface area (Å²) in [6.07, 6.45) is 0.428. The van der Waals surface area contributed by atoms with Gasteiger partial charge in [0.05, 0.1) is 9.82 Å². The molecule has 0 fully saturated rings. The summed E-state index contributed by atoms with van der Waals surface area (Å²) in [5.74, 6) is 0. The standard InChI is InChI=1S/C14H13ClN2O4S/c15-12-2-1-3-14(10-12)22(20,21)16-9-8-11-4-6-13(7-5-11)17(18)19/h1-7,10,16H,8-9H2. The van der Waals surface area contributed by atoms with Crippen molar-refractivity contribution in [1.82, 2.24) is 4.72 Å². The third-order valence-corrected chi connectivity index (χ3v) is 4.65. The Kier molecular flexibility index (Phi) is 5.12. The van der Waals surface area contributed by atoms with Crippen molar-refractivity contribution < 1.29 is 13.3 Å². The van der Waals surface area contributed by atoms with Crippen LogP contribution in [0.1, 0.15) is 5.56 Å². The summed E-state index contributed by atoms with van der Waals surface area (Å²) in [6, 6.07) is 12.0. The Morgan fingerprint density at radius 2 is 1.82 bits per heavy atom. The Labute approximate surface area is 132 Å². The van der Waals surface area contributed by atoms with Gasteiger partial charge in [-0.3, -0.25) is 10.1 Å². The van der Waals surface area contributed by atoms with Crippen molar-refractivity contribution in [1.29, 1.82) is 0 Å². The quantitative estimate of drug-likeness (QED) is 0.646. The number of nitrogens with one attached hydrogen (secondary N) is 1. The van der Waals surface area contributed by atoms with Crippen LogP contribution in [0, 0.1) is 10.1 Å². The van der Waals surface area contributed by atoms with E-state index in [1.807, 2.05) is 0 Å². The fraction of sp³-hybridized carbons (Fsp3) is 0.143. The van der Waals surface area contributed by atoms with E-state index in [9.17, 15) is 18.5 Å². The van der Waals surface area contributed by atoms with Gasteiger partial charge in [0.15, 0.2) is 0 Å². The number of nitro groups is 1. The van der Waals surface area contributed by atoms with E-state index in [0.717, 1.165) is 5.56 Å². The van der Waals surface area contributed by atoms with Crippen LogP contribution in [-0.4, -0.2) is 19.9 Å². The number of hydrogen-bond acceptors (Lipinski definition) is 4. The maximum atomic E-state index is 12.1. The SMILES string of the molecule is O=[N+]([O-])c1ccc(CCNS(=O)(=O)c2cccc(Cl)c2)cc1. The fourth-order valence-corrected chi connectivity index (χ4v) is 3.16. The van der Waals surface area contributed by atoms with Crippen molar-refractivity contribution in [3.63, 3.8) is 0 Å². The number of halogens is 1. The Morgan fingerprint density at radius 3 is 2.41 bits per heavy atom. The molecule has 1 N–H and O–H groups in total. The minimum Gasteiger partial charge on any atom is -0.258 e. The minimum atomic E-state index is -3.62. The summed E-state index contributed by atoms with van der Waals surface area (Å²) < 4.78 is 26.6. The molecular weight excluding hydrogens is 328 g/mol. The molecule has 0 spiro atoms. The first-order valence-electron chi connectivity index (χ1n) is 6.37. The van der Waals surface area contributed by atoms with Crippen LogP contribution in [0.3, 0.4) is 0 Å². The zero-order valence-corrected chi connectivity index (χ0v) is 13.0. The zero-order chi connectivity index (χ0) is 16.2. The number of benzene rings is 2. The molecule has 0 aromatic heterocycles. The summed E-state index contributed by atoms with van der Waals surface area (Å²) in [6.45, 7) is 0.187. The third kappa shape index (κ3) is 4.27. The van der Waals surface area contributed by atoms with E-state index in [1.165, 1.54) is 24.3 Å². The van der Waals surface area contributed by atoms with Crippen molar-refractivity contribution in [2.45, 2.75) is 11.3 Å². The molecule has 0 aliphatic rings. The molecule has 0 amide bonds. The number of nitrogens with zero attached hydrogens (tertiary/aromatic N) is 1. The highest BCUT2D eigenvalue weighted by molar-refractivity contribution is 7.89. The van der Waals surface area contributed by atoms with Crippen molar-refractivity contribution in [2.24, 2.45) is 0 Å². The molecule has 2 aromatic rings. The second-order valence-electron chi connectivity index (χ2n) is 4.53. The number of rotatable bonds is 6. The van der Waals surface area contributed by atoms with E-state index >= 15 is 0 Å². The molecular formula is C14H13ClN2O4S. The molecule has 0 aliphatic heterocycles. The van der Waals surface area contributed by atoms with E-state index in [-0.39, 0.29) is 17.1 Å². The molecule has 0 saturated heterocycles. The lowest BCUT2D eigenvalue weighted by Gasteiger charge is -2.07. The highest BCUT2D eigenvalue weighted by Crippen LogP contribution is 2.15. The number of hydrogen-bond donors (Lipinski definition) is 1. The number of nitro benzene ring substituents is 1. The topological polar surface area (TPSA) is 89.3 Å². The Morgan fingerprint density at radius 1 is 1.14 bits per heavy atom. The molecule has 0 atom stereocenters. The summed E-state index contributed by atoms with van der Waals surface area (Å²) >= 11 is 5.77. The summed E-state index contributed by atoms with van der Waals surface area (Å²) in [7, 11) is -3.62. The van der Waals surface area contributed by atoms with Crippen LogP contribution < -0.4 is 4.72 Å². The van der Waals surface area contributed by atoms with Gasteiger partial charge in [0.1, 0.15) is 0 Å². The lowest BCUT2D eigenvalue weighted by atomic mass is 10.1. The molecule has 22 heavy (non-hydrogen) atoms. The first-order valence-corrected chi connectivity index (χ1v) is 8.23. The highest BCUT2D eigenvalue weighted by Gasteiger charge is 2.13. The Hall–Kier alpha value is -1.96. The van der Waals surface area contributed by atoms with Crippen molar-refractivity contribution >= 4 is 27.3 Å². The van der Waals surface area contributed by atoms with Crippen molar-refractivity contribution in [3.05, 3.63) is 69.2 Å². The lowest BCUT2D eigenvalue weighted by molar-refractivity contribution is -0.384. The smallest absolute Gasteiger partial charge is 0.258 e. The Balaban J connectivity index is 1.96. The molecule has 2 rings (SSSR count). The third-order valence-electron chi connectivity index (χ3n) is 2.96. The van der Waals surface area contributed by atoms with Crippen molar-refractivity contribution in [2.75, 3.05) is 6.54 Å². The van der Waals surface area contributed by atoms with Crippen LogP contribution in [0.25, 0.3) is 0 Å². The minimum absolute atomic E-state index is 0.00302. The summed E-state index contributed by atoms with van der Waals surface area (Å²) in [5.41, 5.74) is 0.808. The van der Waals surface area contributed by atoms with Gasteiger partial charge in [-0.05, 0) is 30.2 Å². The van der Waals surface area contributed by atoms with Gasteiger partial charge in [-0.25, -0.2) is 13.1 Å². The van der Waals surface area contributed by atoms with Gasteiger partial charge in [-0.15, -0.1) is 0 Å². The zero-order valence-electron chi connectivity index (χ0n) is 11.4. The van der Waals surface area contributed by atoms with E-state index in [2.05, 4.69) is 4.72 Å². The molecule has 0 radical (unpaired) electrons. The van der Waals surface area contributed by atoms with Crippen LogP contribution in [0.4, 0.5) is 5.69 Å².